The second kappa shape index (κ2) is 8.49. The molecule has 138 valence electrons. The standard InChI is InChI=1S/C12H20N8O2S3/c1-14-9-10(19-25(21,22)18-9)16-4-5-23-6-8-7-24-12(17-8)20(3)11(13)15-2/h7H,4-6H2,1-3H3,(H2,13,15)(H,14,18)(H,16,19). The van der Waals surface area contributed by atoms with Crippen LogP contribution in [0.5, 0.6) is 0 Å². The summed E-state index contributed by atoms with van der Waals surface area (Å²) < 4.78 is 27.4. The minimum Gasteiger partial charge on any atom is -0.369 e. The van der Waals surface area contributed by atoms with Crippen molar-refractivity contribution in [3.63, 3.8) is 0 Å². The topological polar surface area (TPSA) is 137 Å². The Morgan fingerprint density at radius 2 is 2.12 bits per heavy atom. The molecule has 1 aromatic heterocycles. The smallest absolute Gasteiger partial charge is 0.324 e. The fourth-order valence-electron chi connectivity index (χ4n) is 1.80. The predicted octanol–water partition coefficient (Wildman–Crippen LogP) is -0.379. The summed E-state index contributed by atoms with van der Waals surface area (Å²) in [5.74, 6) is 2.34. The maximum absolute atomic E-state index is 11.4. The van der Waals surface area contributed by atoms with Crippen molar-refractivity contribution in [3.8, 4) is 0 Å². The minimum absolute atomic E-state index is 0.229. The molecule has 0 radical (unpaired) electrons. The lowest BCUT2D eigenvalue weighted by molar-refractivity contribution is 0.591. The first-order chi connectivity index (χ1) is 11.9. The fraction of sp³-hybridized carbons (Fsp3) is 0.500. The first-order valence-corrected chi connectivity index (χ1v) is 10.7. The number of rotatable bonds is 6. The summed E-state index contributed by atoms with van der Waals surface area (Å²) in [7, 11) is 1.39. The lowest BCUT2D eigenvalue weighted by Gasteiger charge is -2.13. The molecule has 2 heterocycles. The van der Waals surface area contributed by atoms with Crippen molar-refractivity contribution in [1.82, 2.24) is 14.4 Å². The molecule has 0 atom stereocenters. The van der Waals surface area contributed by atoms with E-state index in [1.54, 1.807) is 23.7 Å². The van der Waals surface area contributed by atoms with Crippen molar-refractivity contribution in [2.24, 2.45) is 20.7 Å². The maximum Gasteiger partial charge on any atom is 0.324 e. The van der Waals surface area contributed by atoms with E-state index in [1.807, 2.05) is 12.4 Å². The highest BCUT2D eigenvalue weighted by atomic mass is 32.2. The van der Waals surface area contributed by atoms with Crippen LogP contribution < -0.4 is 20.1 Å². The Hall–Kier alpha value is -1.86. The van der Waals surface area contributed by atoms with Crippen LogP contribution in [0.3, 0.4) is 0 Å². The maximum atomic E-state index is 11.4. The van der Waals surface area contributed by atoms with Crippen LogP contribution in [0.15, 0.2) is 20.4 Å². The first kappa shape index (κ1) is 19.5. The summed E-state index contributed by atoms with van der Waals surface area (Å²) in [6, 6.07) is 0. The lowest BCUT2D eigenvalue weighted by Crippen LogP contribution is -2.33. The van der Waals surface area contributed by atoms with Crippen LogP contribution in [-0.2, 0) is 16.0 Å². The molecule has 25 heavy (non-hydrogen) atoms. The lowest BCUT2D eigenvalue weighted by atomic mass is 10.5. The van der Waals surface area contributed by atoms with Gasteiger partial charge in [-0.1, -0.05) is 0 Å². The third-order valence-corrected chi connectivity index (χ3v) is 5.93. The van der Waals surface area contributed by atoms with Crippen molar-refractivity contribution in [1.29, 1.82) is 0 Å². The zero-order valence-corrected chi connectivity index (χ0v) is 16.5. The average molecular weight is 405 g/mol. The number of aliphatic imine (C=N–C) groups is 3. The van der Waals surface area contributed by atoms with Gasteiger partial charge in [0.1, 0.15) is 0 Å². The van der Waals surface area contributed by atoms with Crippen molar-refractivity contribution in [3.05, 3.63) is 11.1 Å². The third-order valence-electron chi connectivity index (χ3n) is 3.06. The number of nitrogens with one attached hydrogen (secondary N) is 2. The minimum atomic E-state index is -3.56. The van der Waals surface area contributed by atoms with E-state index in [2.05, 4.69) is 29.4 Å². The Labute approximate surface area is 154 Å². The second-order valence-electron chi connectivity index (χ2n) is 4.82. The second-order valence-corrected chi connectivity index (χ2v) is 8.18. The van der Waals surface area contributed by atoms with Crippen LogP contribution >= 0.6 is 23.1 Å². The molecule has 1 aliphatic rings. The number of thiazole rings is 1. The van der Waals surface area contributed by atoms with Gasteiger partial charge in [0.05, 0.1) is 12.2 Å². The van der Waals surface area contributed by atoms with Gasteiger partial charge in [0, 0.05) is 38.0 Å². The van der Waals surface area contributed by atoms with E-state index in [0.717, 1.165) is 22.3 Å². The Morgan fingerprint density at radius 1 is 1.40 bits per heavy atom. The summed E-state index contributed by atoms with van der Waals surface area (Å²) in [5.41, 5.74) is 6.71. The van der Waals surface area contributed by atoms with Gasteiger partial charge in [0.2, 0.25) is 0 Å². The largest absolute Gasteiger partial charge is 0.369 e. The van der Waals surface area contributed by atoms with Gasteiger partial charge in [-0.15, -0.1) is 11.3 Å². The number of nitrogens with two attached hydrogens (primary N) is 1. The summed E-state index contributed by atoms with van der Waals surface area (Å²) in [4.78, 5) is 18.2. The predicted molar refractivity (Wildman–Crippen MR) is 105 cm³/mol. The zero-order chi connectivity index (χ0) is 18.4. The number of guanidine groups is 1. The van der Waals surface area contributed by atoms with E-state index in [-0.39, 0.29) is 11.7 Å². The van der Waals surface area contributed by atoms with E-state index in [9.17, 15) is 8.42 Å². The molecule has 1 aliphatic heterocycles. The first-order valence-electron chi connectivity index (χ1n) is 7.16. The van der Waals surface area contributed by atoms with Crippen LogP contribution in [0.25, 0.3) is 0 Å². The van der Waals surface area contributed by atoms with Crippen LogP contribution in [0.1, 0.15) is 5.69 Å². The molecule has 1 fully saturated rings. The van der Waals surface area contributed by atoms with Gasteiger partial charge in [0.25, 0.3) is 0 Å². The van der Waals surface area contributed by atoms with Gasteiger partial charge >= 0.3 is 10.2 Å². The molecule has 0 spiro atoms. The Kier molecular flexibility index (Phi) is 6.61. The molecule has 1 aromatic rings. The molecule has 0 aliphatic carbocycles. The van der Waals surface area contributed by atoms with Gasteiger partial charge < -0.3 is 5.73 Å². The molecule has 13 heteroatoms. The Morgan fingerprint density at radius 3 is 2.80 bits per heavy atom. The number of amidine groups is 2. The monoisotopic (exact) mass is 404 g/mol. The van der Waals surface area contributed by atoms with E-state index in [1.165, 1.54) is 18.4 Å². The Bertz CT molecular complexity index is 799. The number of anilines is 1. The van der Waals surface area contributed by atoms with Crippen molar-refractivity contribution < 1.29 is 8.42 Å². The van der Waals surface area contributed by atoms with Gasteiger partial charge in [0.15, 0.2) is 22.8 Å². The molecule has 0 aromatic carbocycles. The highest BCUT2D eigenvalue weighted by molar-refractivity contribution is 7.98. The molecule has 1 saturated heterocycles. The van der Waals surface area contributed by atoms with Crippen LogP contribution in [0.2, 0.25) is 0 Å². The van der Waals surface area contributed by atoms with Crippen LogP contribution in [0.4, 0.5) is 5.13 Å². The molecule has 10 nitrogen and oxygen atoms in total. The average Bonchev–Trinajstić information content (AvgIpc) is 3.16. The van der Waals surface area contributed by atoms with Crippen LogP contribution in [-0.4, -0.2) is 64.5 Å². The van der Waals surface area contributed by atoms with E-state index >= 15 is 0 Å². The molecule has 0 unspecified atom stereocenters. The van der Waals surface area contributed by atoms with Crippen molar-refractivity contribution >= 4 is 56.1 Å². The molecule has 4 N–H and O–H groups in total. The molecular formula is C12H20N8O2S3. The number of nitrogens with zero attached hydrogens (tertiary/aromatic N) is 5. The fourth-order valence-corrected chi connectivity index (χ4v) is 4.33. The third kappa shape index (κ3) is 5.31. The molecular weight excluding hydrogens is 384 g/mol. The quantitative estimate of drug-likeness (QED) is 0.336. The van der Waals surface area contributed by atoms with Crippen molar-refractivity contribution in [2.45, 2.75) is 5.75 Å². The van der Waals surface area contributed by atoms with Gasteiger partial charge in [-0.05, 0) is 0 Å². The highest BCUT2D eigenvalue weighted by Crippen LogP contribution is 2.22. The van der Waals surface area contributed by atoms with Gasteiger partial charge in [-0.2, -0.15) is 20.2 Å². The summed E-state index contributed by atoms with van der Waals surface area (Å²) in [6.45, 7) is 0.468. The van der Waals surface area contributed by atoms with Gasteiger partial charge in [-0.25, -0.2) is 14.4 Å². The summed E-state index contributed by atoms with van der Waals surface area (Å²) >= 11 is 3.16. The number of thioether (sulfide) groups is 1. The molecule has 0 saturated carbocycles. The molecule has 2 rings (SSSR count). The number of aromatic nitrogens is 1. The SMILES string of the molecule is CN=C1NS(=O)(=O)NC1=NCCSCc1csc(N(C)C(N)=NC)n1. The zero-order valence-electron chi connectivity index (χ0n) is 14.1. The number of hydrogen-bond acceptors (Lipinski definition) is 8. The Balaban J connectivity index is 1.81. The van der Waals surface area contributed by atoms with Gasteiger partial charge in [-0.3, -0.25) is 19.9 Å². The van der Waals surface area contributed by atoms with Crippen molar-refractivity contribution in [2.75, 3.05) is 38.3 Å². The normalized spacial score (nSPS) is 19.9. The van der Waals surface area contributed by atoms with E-state index in [0.29, 0.717) is 12.5 Å². The molecule has 0 bridgehead atoms. The number of hydrogen-bond donors (Lipinski definition) is 3. The summed E-state index contributed by atoms with van der Waals surface area (Å²) in [6.07, 6.45) is 0. The van der Waals surface area contributed by atoms with E-state index < -0.39 is 10.2 Å². The highest BCUT2D eigenvalue weighted by Gasteiger charge is 2.27. The van der Waals surface area contributed by atoms with Crippen LogP contribution in [0, 0.1) is 0 Å². The van der Waals surface area contributed by atoms with E-state index in [4.69, 9.17) is 5.73 Å². The summed E-state index contributed by atoms with van der Waals surface area (Å²) in [5, 5.41) is 2.76. The molecule has 0 amide bonds.